The van der Waals surface area contributed by atoms with E-state index in [9.17, 15) is 9.18 Å². The Morgan fingerprint density at radius 3 is 2.35 bits per heavy atom. The lowest BCUT2D eigenvalue weighted by Crippen LogP contribution is -2.49. The number of halogens is 2. The van der Waals surface area contributed by atoms with E-state index in [1.807, 2.05) is 4.90 Å². The fourth-order valence-electron chi connectivity index (χ4n) is 3.25. The van der Waals surface area contributed by atoms with Crippen LogP contribution in [0.4, 0.5) is 4.39 Å². The van der Waals surface area contributed by atoms with E-state index in [1.54, 1.807) is 6.07 Å². The van der Waals surface area contributed by atoms with Gasteiger partial charge >= 0.3 is 0 Å². The number of likely N-dealkylation sites (tertiary alicyclic amines) is 1. The monoisotopic (exact) mass is 339 g/mol. The van der Waals surface area contributed by atoms with Crippen molar-refractivity contribution in [2.24, 2.45) is 0 Å². The second-order valence-electron chi connectivity index (χ2n) is 6.38. The van der Waals surface area contributed by atoms with Crippen LogP contribution in [0.3, 0.4) is 0 Å². The Morgan fingerprint density at radius 1 is 1.04 bits per heavy atom. The third-order valence-electron chi connectivity index (χ3n) is 4.69. The summed E-state index contributed by atoms with van der Waals surface area (Å²) < 4.78 is 13.1. The zero-order chi connectivity index (χ0) is 16.2. The number of carbonyl (C=O) groups is 1. The maximum atomic E-state index is 13.1. The molecule has 2 aliphatic heterocycles. The maximum absolute atomic E-state index is 13.1. The summed E-state index contributed by atoms with van der Waals surface area (Å²) in [6, 6.07) is 4.56. The van der Waals surface area contributed by atoms with Gasteiger partial charge in [-0.2, -0.15) is 0 Å². The average molecular weight is 340 g/mol. The molecule has 1 aromatic rings. The molecule has 0 aromatic heterocycles. The van der Waals surface area contributed by atoms with Gasteiger partial charge in [0.1, 0.15) is 5.82 Å². The van der Waals surface area contributed by atoms with Crippen molar-refractivity contribution in [3.05, 3.63) is 34.6 Å². The molecule has 0 unspecified atom stereocenters. The van der Waals surface area contributed by atoms with Crippen molar-refractivity contribution in [2.45, 2.75) is 19.4 Å². The predicted octanol–water partition coefficient (Wildman–Crippen LogP) is 2.22. The summed E-state index contributed by atoms with van der Waals surface area (Å²) in [7, 11) is 0. The molecule has 0 bridgehead atoms. The fraction of sp³-hybridized carbons (Fsp3) is 0.588. The predicted molar refractivity (Wildman–Crippen MR) is 88.9 cm³/mol. The average Bonchev–Trinajstić information content (AvgIpc) is 3.06. The number of carbonyl (C=O) groups excluding carboxylic acids is 1. The molecule has 0 atom stereocenters. The zero-order valence-corrected chi connectivity index (χ0v) is 14.1. The second-order valence-corrected chi connectivity index (χ2v) is 6.78. The molecule has 0 spiro atoms. The molecule has 1 aromatic carbocycles. The molecule has 0 N–H and O–H groups in total. The van der Waals surface area contributed by atoms with E-state index in [1.165, 1.54) is 12.1 Å². The van der Waals surface area contributed by atoms with Crippen LogP contribution >= 0.6 is 11.6 Å². The number of nitrogens with zero attached hydrogens (tertiary/aromatic N) is 3. The molecule has 0 aliphatic carbocycles. The number of hydrogen-bond acceptors (Lipinski definition) is 3. The van der Waals surface area contributed by atoms with E-state index in [0.717, 1.165) is 64.2 Å². The quantitative estimate of drug-likeness (QED) is 0.841. The van der Waals surface area contributed by atoms with E-state index in [-0.39, 0.29) is 11.7 Å². The van der Waals surface area contributed by atoms with Gasteiger partial charge in [-0.05, 0) is 30.5 Å². The largest absolute Gasteiger partial charge is 0.342 e. The van der Waals surface area contributed by atoms with Crippen LogP contribution < -0.4 is 0 Å². The highest BCUT2D eigenvalue weighted by Crippen LogP contribution is 2.19. The molecule has 2 fully saturated rings. The van der Waals surface area contributed by atoms with Gasteiger partial charge in [-0.25, -0.2) is 4.39 Å². The minimum atomic E-state index is -0.302. The fourth-order valence-corrected chi connectivity index (χ4v) is 3.48. The molecule has 23 heavy (non-hydrogen) atoms. The summed E-state index contributed by atoms with van der Waals surface area (Å²) in [5.41, 5.74) is 0.953. The highest BCUT2D eigenvalue weighted by molar-refractivity contribution is 6.31. The molecule has 0 saturated carbocycles. The smallest absolute Gasteiger partial charge is 0.236 e. The lowest BCUT2D eigenvalue weighted by molar-refractivity contribution is -0.131. The van der Waals surface area contributed by atoms with E-state index in [2.05, 4.69) is 9.80 Å². The van der Waals surface area contributed by atoms with Crippen molar-refractivity contribution >= 4 is 17.5 Å². The Kier molecular flexibility index (Phi) is 5.51. The molecule has 4 nitrogen and oxygen atoms in total. The first-order valence-corrected chi connectivity index (χ1v) is 8.66. The second kappa shape index (κ2) is 7.60. The van der Waals surface area contributed by atoms with E-state index in [0.29, 0.717) is 11.6 Å². The van der Waals surface area contributed by atoms with Crippen molar-refractivity contribution in [3.8, 4) is 0 Å². The Balaban J connectivity index is 1.45. The molecule has 2 aliphatic rings. The first-order valence-electron chi connectivity index (χ1n) is 8.28. The molecule has 2 heterocycles. The minimum absolute atomic E-state index is 0.262. The van der Waals surface area contributed by atoms with Crippen LogP contribution in [0, 0.1) is 5.82 Å². The van der Waals surface area contributed by atoms with Gasteiger partial charge in [0.25, 0.3) is 0 Å². The van der Waals surface area contributed by atoms with E-state index >= 15 is 0 Å². The highest BCUT2D eigenvalue weighted by Gasteiger charge is 2.23. The van der Waals surface area contributed by atoms with E-state index < -0.39 is 0 Å². The van der Waals surface area contributed by atoms with Gasteiger partial charge in [-0.15, -0.1) is 0 Å². The summed E-state index contributed by atoms with van der Waals surface area (Å²) in [4.78, 5) is 18.7. The Morgan fingerprint density at radius 2 is 1.70 bits per heavy atom. The highest BCUT2D eigenvalue weighted by atomic mass is 35.5. The van der Waals surface area contributed by atoms with Gasteiger partial charge < -0.3 is 4.90 Å². The van der Waals surface area contributed by atoms with Crippen LogP contribution in [0.5, 0.6) is 0 Å². The molecule has 3 rings (SSSR count). The van der Waals surface area contributed by atoms with Crippen LogP contribution in [0.1, 0.15) is 18.4 Å². The van der Waals surface area contributed by atoms with Crippen LogP contribution in [0.2, 0.25) is 5.02 Å². The molecule has 0 radical (unpaired) electrons. The summed E-state index contributed by atoms with van der Waals surface area (Å²) >= 11 is 6.09. The summed E-state index contributed by atoms with van der Waals surface area (Å²) in [5, 5.41) is 0.483. The normalized spacial score (nSPS) is 20.2. The number of hydrogen-bond donors (Lipinski definition) is 0. The first-order chi connectivity index (χ1) is 11.1. The maximum Gasteiger partial charge on any atom is 0.236 e. The van der Waals surface area contributed by atoms with Gasteiger partial charge in [0.05, 0.1) is 6.54 Å². The van der Waals surface area contributed by atoms with E-state index in [4.69, 9.17) is 11.6 Å². The van der Waals surface area contributed by atoms with Gasteiger partial charge in [-0.1, -0.05) is 17.7 Å². The summed E-state index contributed by atoms with van der Waals surface area (Å²) in [5.74, 6) is -0.0403. The topological polar surface area (TPSA) is 26.8 Å². The van der Waals surface area contributed by atoms with Crippen LogP contribution in [0.15, 0.2) is 18.2 Å². The minimum Gasteiger partial charge on any atom is -0.342 e. The third kappa shape index (κ3) is 4.43. The lowest BCUT2D eigenvalue weighted by atomic mass is 10.2. The van der Waals surface area contributed by atoms with Crippen molar-refractivity contribution in [3.63, 3.8) is 0 Å². The molecule has 1 amide bonds. The standard InChI is InChI=1S/C17H23ClFN3O/c18-16-11-15(19)4-3-14(16)12-20-7-9-21(10-8-20)13-17(23)22-5-1-2-6-22/h3-4,11H,1-2,5-10,12-13H2. The molecular weight excluding hydrogens is 317 g/mol. The van der Waals surface area contributed by atoms with Gasteiger partial charge in [0.15, 0.2) is 0 Å². The van der Waals surface area contributed by atoms with Crippen molar-refractivity contribution in [1.29, 1.82) is 0 Å². The van der Waals surface area contributed by atoms with Gasteiger partial charge in [0.2, 0.25) is 5.91 Å². The summed E-state index contributed by atoms with van der Waals surface area (Å²) in [6.45, 7) is 6.68. The van der Waals surface area contributed by atoms with Crippen molar-refractivity contribution in [1.82, 2.24) is 14.7 Å². The third-order valence-corrected chi connectivity index (χ3v) is 5.04. The number of benzene rings is 1. The summed E-state index contributed by atoms with van der Waals surface area (Å²) in [6.07, 6.45) is 2.27. The molecule has 2 saturated heterocycles. The Bertz CT molecular complexity index is 555. The number of rotatable bonds is 4. The number of piperazine rings is 1. The molecular formula is C17H23ClFN3O. The van der Waals surface area contributed by atoms with Crippen LogP contribution in [0.25, 0.3) is 0 Å². The first kappa shape index (κ1) is 16.7. The van der Waals surface area contributed by atoms with Crippen molar-refractivity contribution < 1.29 is 9.18 Å². The van der Waals surface area contributed by atoms with Crippen LogP contribution in [-0.4, -0.2) is 66.4 Å². The van der Waals surface area contributed by atoms with Crippen molar-refractivity contribution in [2.75, 3.05) is 45.8 Å². The van der Waals surface area contributed by atoms with Gasteiger partial charge in [0, 0.05) is 50.8 Å². The molecule has 126 valence electrons. The SMILES string of the molecule is O=C(CN1CCN(Cc2ccc(F)cc2Cl)CC1)N1CCCC1. The van der Waals surface area contributed by atoms with Gasteiger partial charge in [-0.3, -0.25) is 14.6 Å². The number of amides is 1. The zero-order valence-electron chi connectivity index (χ0n) is 13.3. The van der Waals surface area contributed by atoms with Crippen LogP contribution in [-0.2, 0) is 11.3 Å². The Hall–Kier alpha value is -1.17. The Labute approximate surface area is 141 Å². The lowest BCUT2D eigenvalue weighted by Gasteiger charge is -2.35. The molecule has 6 heteroatoms.